The maximum atomic E-state index is 5.75. The molecule has 17 heavy (non-hydrogen) atoms. The molecule has 1 unspecified atom stereocenters. The van der Waals surface area contributed by atoms with Gasteiger partial charge in [0.15, 0.2) is 0 Å². The van der Waals surface area contributed by atoms with Crippen LogP contribution in [0.2, 0.25) is 0 Å². The number of aromatic nitrogens is 2. The maximum absolute atomic E-state index is 5.75. The maximum Gasteiger partial charge on any atom is 0.225 e. The summed E-state index contributed by atoms with van der Waals surface area (Å²) in [5, 5.41) is 0. The van der Waals surface area contributed by atoms with Gasteiger partial charge in [-0.3, -0.25) is 0 Å². The van der Waals surface area contributed by atoms with Gasteiger partial charge in [-0.25, -0.2) is 9.97 Å². The molecule has 0 radical (unpaired) electrons. The zero-order valence-electron chi connectivity index (χ0n) is 10.8. The minimum absolute atomic E-state index is 0.596. The number of rotatable bonds is 3. The predicted octanol–water partition coefficient (Wildman–Crippen LogP) is 1.52. The molecule has 4 heteroatoms. The van der Waals surface area contributed by atoms with Crippen molar-refractivity contribution in [2.24, 2.45) is 11.7 Å². The van der Waals surface area contributed by atoms with Gasteiger partial charge in [0.25, 0.3) is 0 Å². The summed E-state index contributed by atoms with van der Waals surface area (Å²) in [4.78, 5) is 11.4. The third-order valence-corrected chi connectivity index (χ3v) is 3.58. The van der Waals surface area contributed by atoms with Crippen molar-refractivity contribution in [3.8, 4) is 0 Å². The summed E-state index contributed by atoms with van der Waals surface area (Å²) < 4.78 is 0. The van der Waals surface area contributed by atoms with E-state index >= 15 is 0 Å². The van der Waals surface area contributed by atoms with E-state index in [0.717, 1.165) is 37.7 Å². The first kappa shape index (κ1) is 12.3. The molecule has 1 aliphatic heterocycles. The lowest BCUT2D eigenvalue weighted by molar-refractivity contribution is 0.419. The molecule has 1 aromatic heterocycles. The van der Waals surface area contributed by atoms with Crippen LogP contribution < -0.4 is 10.6 Å². The van der Waals surface area contributed by atoms with Gasteiger partial charge in [0.1, 0.15) is 0 Å². The summed E-state index contributed by atoms with van der Waals surface area (Å²) in [7, 11) is 0. The van der Waals surface area contributed by atoms with E-state index in [2.05, 4.69) is 28.7 Å². The minimum atomic E-state index is 0.596. The number of hydrogen-bond acceptors (Lipinski definition) is 4. The Balaban J connectivity index is 2.13. The minimum Gasteiger partial charge on any atom is -0.340 e. The molecule has 0 aromatic carbocycles. The molecule has 2 heterocycles. The van der Waals surface area contributed by atoms with Crippen molar-refractivity contribution in [3.05, 3.63) is 17.5 Å². The van der Waals surface area contributed by atoms with E-state index in [1.165, 1.54) is 18.4 Å². The molecule has 1 atom stereocenters. The van der Waals surface area contributed by atoms with Crippen LogP contribution in [0.3, 0.4) is 0 Å². The molecule has 94 valence electrons. The fourth-order valence-electron chi connectivity index (χ4n) is 2.42. The zero-order chi connectivity index (χ0) is 12.3. The van der Waals surface area contributed by atoms with Gasteiger partial charge in [0.05, 0.1) is 0 Å². The summed E-state index contributed by atoms with van der Waals surface area (Å²) in [5.41, 5.74) is 8.09. The summed E-state index contributed by atoms with van der Waals surface area (Å²) in [6.07, 6.45) is 5.39. The highest BCUT2D eigenvalue weighted by atomic mass is 15.3. The highest BCUT2D eigenvalue weighted by Gasteiger charge is 2.20. The van der Waals surface area contributed by atoms with Gasteiger partial charge in [-0.05, 0) is 44.2 Å². The Morgan fingerprint density at radius 1 is 1.53 bits per heavy atom. The number of aryl methyl sites for hydroxylation is 2. The van der Waals surface area contributed by atoms with Crippen LogP contribution in [-0.4, -0.2) is 29.6 Å². The number of anilines is 1. The van der Waals surface area contributed by atoms with Crippen molar-refractivity contribution in [2.45, 2.75) is 33.1 Å². The molecule has 0 spiro atoms. The van der Waals surface area contributed by atoms with Gasteiger partial charge >= 0.3 is 0 Å². The number of hydrogen-bond donors (Lipinski definition) is 1. The Morgan fingerprint density at radius 3 is 3.00 bits per heavy atom. The molecule has 1 aromatic rings. The van der Waals surface area contributed by atoms with Gasteiger partial charge in [-0.15, -0.1) is 0 Å². The summed E-state index contributed by atoms with van der Waals surface area (Å²) >= 11 is 0. The van der Waals surface area contributed by atoms with Crippen LogP contribution in [0.4, 0.5) is 5.95 Å². The molecule has 1 aliphatic rings. The Hall–Kier alpha value is -1.16. The second-order valence-electron chi connectivity index (χ2n) is 4.82. The van der Waals surface area contributed by atoms with E-state index in [1.54, 1.807) is 0 Å². The van der Waals surface area contributed by atoms with Crippen LogP contribution in [0.1, 0.15) is 31.0 Å². The van der Waals surface area contributed by atoms with Crippen LogP contribution in [0, 0.1) is 12.8 Å². The zero-order valence-corrected chi connectivity index (χ0v) is 10.8. The lowest BCUT2D eigenvalue weighted by Crippen LogP contribution is -2.39. The lowest BCUT2D eigenvalue weighted by atomic mass is 9.99. The van der Waals surface area contributed by atoms with Crippen molar-refractivity contribution >= 4 is 5.95 Å². The first-order valence-electron chi connectivity index (χ1n) is 6.52. The molecule has 1 fully saturated rings. The third-order valence-electron chi connectivity index (χ3n) is 3.58. The molecule has 0 amide bonds. The summed E-state index contributed by atoms with van der Waals surface area (Å²) in [5.74, 6) is 1.47. The van der Waals surface area contributed by atoms with Crippen LogP contribution >= 0.6 is 0 Å². The van der Waals surface area contributed by atoms with E-state index in [4.69, 9.17) is 5.73 Å². The summed E-state index contributed by atoms with van der Waals surface area (Å²) in [6, 6.07) is 0. The predicted molar refractivity (Wildman–Crippen MR) is 70.1 cm³/mol. The number of nitrogens with two attached hydrogens (primary N) is 1. The van der Waals surface area contributed by atoms with Gasteiger partial charge < -0.3 is 10.6 Å². The van der Waals surface area contributed by atoms with Gasteiger partial charge in [-0.1, -0.05) is 6.92 Å². The highest BCUT2D eigenvalue weighted by Crippen LogP contribution is 2.20. The standard InChI is InChI=1S/C13H22N4/c1-3-12-8-15-13(16-10(12)2)17-6-4-5-11(7-14)9-17/h8,11H,3-7,9,14H2,1-2H3. The van der Waals surface area contributed by atoms with E-state index in [1.807, 2.05) is 6.20 Å². The van der Waals surface area contributed by atoms with E-state index in [-0.39, 0.29) is 0 Å². The Morgan fingerprint density at radius 2 is 2.35 bits per heavy atom. The van der Waals surface area contributed by atoms with Crippen LogP contribution in [-0.2, 0) is 6.42 Å². The van der Waals surface area contributed by atoms with Gasteiger partial charge in [0, 0.05) is 25.0 Å². The van der Waals surface area contributed by atoms with Crippen LogP contribution in [0.5, 0.6) is 0 Å². The molecule has 0 bridgehead atoms. The molecular formula is C13H22N4. The third kappa shape index (κ3) is 2.75. The molecular weight excluding hydrogens is 212 g/mol. The normalized spacial score (nSPS) is 20.6. The van der Waals surface area contributed by atoms with E-state index < -0.39 is 0 Å². The average molecular weight is 234 g/mol. The first-order chi connectivity index (χ1) is 8.24. The molecule has 4 nitrogen and oxygen atoms in total. The smallest absolute Gasteiger partial charge is 0.225 e. The molecule has 0 saturated carbocycles. The Bertz CT molecular complexity index is 378. The van der Waals surface area contributed by atoms with Crippen LogP contribution in [0.15, 0.2) is 6.20 Å². The average Bonchev–Trinajstić information content (AvgIpc) is 2.38. The second kappa shape index (κ2) is 5.45. The first-order valence-corrected chi connectivity index (χ1v) is 6.52. The van der Waals surface area contributed by atoms with Crippen molar-refractivity contribution in [3.63, 3.8) is 0 Å². The van der Waals surface area contributed by atoms with Gasteiger partial charge in [-0.2, -0.15) is 0 Å². The molecule has 2 rings (SSSR count). The molecule has 0 aliphatic carbocycles. The molecule has 1 saturated heterocycles. The van der Waals surface area contributed by atoms with Crippen LogP contribution in [0.25, 0.3) is 0 Å². The topological polar surface area (TPSA) is 55.0 Å². The fraction of sp³-hybridized carbons (Fsp3) is 0.692. The lowest BCUT2D eigenvalue weighted by Gasteiger charge is -2.32. The largest absolute Gasteiger partial charge is 0.340 e. The Labute approximate surface area is 103 Å². The van der Waals surface area contributed by atoms with Crippen molar-refractivity contribution in [2.75, 3.05) is 24.5 Å². The SMILES string of the molecule is CCc1cnc(N2CCCC(CN)C2)nc1C. The van der Waals surface area contributed by atoms with E-state index in [9.17, 15) is 0 Å². The quantitative estimate of drug-likeness (QED) is 0.861. The van der Waals surface area contributed by atoms with Gasteiger partial charge in [0.2, 0.25) is 5.95 Å². The highest BCUT2D eigenvalue weighted by molar-refractivity contribution is 5.33. The second-order valence-corrected chi connectivity index (χ2v) is 4.82. The number of piperidine rings is 1. The van der Waals surface area contributed by atoms with Crippen molar-refractivity contribution in [1.82, 2.24) is 9.97 Å². The Kier molecular flexibility index (Phi) is 3.94. The van der Waals surface area contributed by atoms with Crippen molar-refractivity contribution in [1.29, 1.82) is 0 Å². The fourth-order valence-corrected chi connectivity index (χ4v) is 2.42. The monoisotopic (exact) mass is 234 g/mol. The summed E-state index contributed by atoms with van der Waals surface area (Å²) in [6.45, 7) is 7.02. The van der Waals surface area contributed by atoms with E-state index in [0.29, 0.717) is 5.92 Å². The van der Waals surface area contributed by atoms with Crippen molar-refractivity contribution < 1.29 is 0 Å². The molecule has 2 N–H and O–H groups in total. The number of nitrogens with zero attached hydrogens (tertiary/aromatic N) is 3.